The number of nitrogens with one attached hydrogen (secondary N) is 1. The summed E-state index contributed by atoms with van der Waals surface area (Å²) in [5, 5.41) is 14.5. The van der Waals surface area contributed by atoms with Crippen LogP contribution in [-0.4, -0.2) is 18.4 Å². The molecule has 26 heavy (non-hydrogen) atoms. The van der Waals surface area contributed by atoms with Gasteiger partial charge in [0.1, 0.15) is 11.2 Å². The van der Waals surface area contributed by atoms with Crippen LogP contribution in [0.3, 0.4) is 0 Å². The number of aryl methyl sites for hydroxylation is 3. The molecule has 0 bridgehead atoms. The summed E-state index contributed by atoms with van der Waals surface area (Å²) >= 11 is 0. The van der Waals surface area contributed by atoms with Gasteiger partial charge in [-0.1, -0.05) is 0 Å². The molecule has 7 nitrogen and oxygen atoms in total. The number of hydrogen-bond donors (Lipinski definition) is 1. The van der Waals surface area contributed by atoms with Gasteiger partial charge in [-0.25, -0.2) is 4.79 Å². The Hall–Kier alpha value is -3.09. The van der Waals surface area contributed by atoms with Crippen LogP contribution in [0.15, 0.2) is 26.0 Å². The number of carbonyl (C=O) groups excluding carboxylic acids is 2. The van der Waals surface area contributed by atoms with Crippen LogP contribution in [0, 0.1) is 20.8 Å². The highest BCUT2D eigenvalue weighted by atomic mass is 16.4. The molecule has 0 radical (unpaired) electrons. The van der Waals surface area contributed by atoms with E-state index in [4.69, 9.17) is 8.83 Å². The van der Waals surface area contributed by atoms with Crippen LogP contribution in [0.25, 0.3) is 21.9 Å². The summed E-state index contributed by atoms with van der Waals surface area (Å²) in [6, 6.07) is 1.79. The van der Waals surface area contributed by atoms with E-state index in [2.05, 4.69) is 5.32 Å². The summed E-state index contributed by atoms with van der Waals surface area (Å²) in [6.07, 6.45) is 1.16. The average Bonchev–Trinajstić information content (AvgIpc) is 2.93. The van der Waals surface area contributed by atoms with Crippen molar-refractivity contribution in [3.63, 3.8) is 0 Å². The Labute approximate surface area is 148 Å². The van der Waals surface area contributed by atoms with Gasteiger partial charge >= 0.3 is 5.63 Å². The number of hydrogen-bond acceptors (Lipinski definition) is 6. The predicted molar refractivity (Wildman–Crippen MR) is 92.8 cm³/mol. The zero-order valence-corrected chi connectivity index (χ0v) is 14.7. The number of fused-ring (bicyclic) bond motifs is 3. The van der Waals surface area contributed by atoms with E-state index in [1.807, 2.05) is 13.8 Å². The average molecular weight is 356 g/mol. The highest BCUT2D eigenvalue weighted by molar-refractivity contribution is 6.07. The minimum absolute atomic E-state index is 0.0556. The molecule has 2 aromatic heterocycles. The number of furan rings is 1. The van der Waals surface area contributed by atoms with E-state index in [0.717, 1.165) is 16.5 Å². The molecule has 0 aliphatic carbocycles. The van der Waals surface area contributed by atoms with Crippen molar-refractivity contribution in [3.8, 4) is 0 Å². The molecule has 3 rings (SSSR count). The van der Waals surface area contributed by atoms with Crippen LogP contribution in [0.4, 0.5) is 0 Å². The molecule has 2 heterocycles. The van der Waals surface area contributed by atoms with Gasteiger partial charge in [-0.3, -0.25) is 4.79 Å². The molecular weight excluding hydrogens is 338 g/mol. The van der Waals surface area contributed by atoms with E-state index in [1.54, 1.807) is 19.3 Å². The van der Waals surface area contributed by atoms with Crippen LogP contribution in [-0.2, 0) is 16.0 Å². The van der Waals surface area contributed by atoms with E-state index < -0.39 is 17.5 Å². The third-order valence-corrected chi connectivity index (χ3v) is 4.46. The molecule has 1 amide bonds. The second-order valence-electron chi connectivity index (χ2n) is 6.33. The molecule has 1 N–H and O–H groups in total. The molecule has 1 aromatic carbocycles. The van der Waals surface area contributed by atoms with Crippen LogP contribution >= 0.6 is 0 Å². The lowest BCUT2D eigenvalue weighted by molar-refractivity contribution is -0.305. The summed E-state index contributed by atoms with van der Waals surface area (Å²) in [4.78, 5) is 34.8. The first-order valence-corrected chi connectivity index (χ1v) is 8.19. The minimum Gasteiger partial charge on any atom is -0.550 e. The van der Waals surface area contributed by atoms with E-state index in [1.165, 1.54) is 0 Å². The van der Waals surface area contributed by atoms with Crippen molar-refractivity contribution in [3.05, 3.63) is 45.0 Å². The maximum atomic E-state index is 12.3. The van der Waals surface area contributed by atoms with Crippen LogP contribution in [0.2, 0.25) is 0 Å². The van der Waals surface area contributed by atoms with Crippen molar-refractivity contribution < 1.29 is 23.5 Å². The summed E-state index contributed by atoms with van der Waals surface area (Å²) in [5.41, 5.74) is 3.20. The Morgan fingerprint density at radius 3 is 2.58 bits per heavy atom. The number of carbonyl (C=O) groups is 2. The van der Waals surface area contributed by atoms with Gasteiger partial charge in [0.25, 0.3) is 0 Å². The molecule has 136 valence electrons. The quantitative estimate of drug-likeness (QED) is 0.689. The van der Waals surface area contributed by atoms with Crippen LogP contribution in [0.5, 0.6) is 0 Å². The van der Waals surface area contributed by atoms with Crippen LogP contribution in [0.1, 0.15) is 28.7 Å². The summed E-state index contributed by atoms with van der Waals surface area (Å²) in [5.74, 6) is -1.71. The molecule has 0 unspecified atom stereocenters. The Kier molecular flexibility index (Phi) is 4.54. The zero-order valence-electron chi connectivity index (χ0n) is 14.7. The van der Waals surface area contributed by atoms with E-state index in [9.17, 15) is 19.5 Å². The molecule has 3 aromatic rings. The monoisotopic (exact) mass is 356 g/mol. The van der Waals surface area contributed by atoms with E-state index in [-0.39, 0.29) is 24.9 Å². The van der Waals surface area contributed by atoms with Crippen molar-refractivity contribution >= 4 is 33.8 Å². The van der Waals surface area contributed by atoms with E-state index >= 15 is 0 Å². The third-order valence-electron chi connectivity index (χ3n) is 4.46. The summed E-state index contributed by atoms with van der Waals surface area (Å²) in [7, 11) is 0. The highest BCUT2D eigenvalue weighted by Gasteiger charge is 2.19. The van der Waals surface area contributed by atoms with Crippen molar-refractivity contribution in [2.45, 2.75) is 33.6 Å². The highest BCUT2D eigenvalue weighted by Crippen LogP contribution is 2.34. The van der Waals surface area contributed by atoms with Gasteiger partial charge in [0.15, 0.2) is 0 Å². The van der Waals surface area contributed by atoms with E-state index in [0.29, 0.717) is 22.1 Å². The van der Waals surface area contributed by atoms with Gasteiger partial charge in [-0.05, 0) is 43.5 Å². The number of aliphatic carboxylic acids is 1. The fraction of sp³-hybridized carbons (Fsp3) is 0.316. The largest absolute Gasteiger partial charge is 0.550 e. The SMILES string of the molecule is Cc1coc2c1c(C)cc1oc(=O)c(CC(=O)NCCC(=O)[O-])c(C)c12. The Balaban J connectivity index is 2.05. The molecule has 0 fully saturated rings. The van der Waals surface area contributed by atoms with Gasteiger partial charge in [0.05, 0.1) is 23.6 Å². The number of benzene rings is 1. The molecule has 0 saturated heterocycles. The topological polar surface area (TPSA) is 113 Å². The lowest BCUT2D eigenvalue weighted by Gasteiger charge is -2.10. The molecule has 0 aliphatic heterocycles. The first kappa shape index (κ1) is 17.7. The minimum atomic E-state index is -1.25. The molecule has 0 spiro atoms. The van der Waals surface area contributed by atoms with Crippen molar-refractivity contribution in [1.82, 2.24) is 5.32 Å². The van der Waals surface area contributed by atoms with Crippen molar-refractivity contribution in [1.29, 1.82) is 0 Å². The normalized spacial score (nSPS) is 11.2. The van der Waals surface area contributed by atoms with Crippen LogP contribution < -0.4 is 16.0 Å². The predicted octanol–water partition coefficient (Wildman–Crippen LogP) is 1.26. The number of carboxylic acid groups (broad SMARTS) is 1. The Bertz CT molecular complexity index is 1090. The van der Waals surface area contributed by atoms with Gasteiger partial charge < -0.3 is 24.1 Å². The smallest absolute Gasteiger partial charge is 0.340 e. The maximum absolute atomic E-state index is 12.3. The molecule has 0 aliphatic rings. The number of rotatable bonds is 5. The second kappa shape index (κ2) is 6.67. The van der Waals surface area contributed by atoms with Gasteiger partial charge in [-0.2, -0.15) is 0 Å². The summed E-state index contributed by atoms with van der Waals surface area (Å²) in [6.45, 7) is 5.54. The molecule has 0 saturated carbocycles. The first-order valence-electron chi connectivity index (χ1n) is 8.19. The molecule has 7 heteroatoms. The molecule has 0 atom stereocenters. The number of amides is 1. The second-order valence-corrected chi connectivity index (χ2v) is 6.33. The lowest BCUT2D eigenvalue weighted by Crippen LogP contribution is -2.32. The Morgan fingerprint density at radius 2 is 1.88 bits per heavy atom. The maximum Gasteiger partial charge on any atom is 0.340 e. The summed E-state index contributed by atoms with van der Waals surface area (Å²) < 4.78 is 11.1. The van der Waals surface area contributed by atoms with Gasteiger partial charge in [0, 0.05) is 24.3 Å². The Morgan fingerprint density at radius 1 is 1.15 bits per heavy atom. The van der Waals surface area contributed by atoms with Crippen molar-refractivity contribution in [2.24, 2.45) is 0 Å². The van der Waals surface area contributed by atoms with Gasteiger partial charge in [-0.15, -0.1) is 0 Å². The fourth-order valence-corrected chi connectivity index (χ4v) is 3.20. The first-order chi connectivity index (χ1) is 12.3. The standard InChI is InChI=1S/C19H19NO6/c1-9-6-13-17(18-16(9)10(2)8-25-18)11(3)12(19(24)26-13)7-14(21)20-5-4-15(22)23/h6,8H,4-5,7H2,1-3H3,(H,20,21)(H,22,23)/p-1. The van der Waals surface area contributed by atoms with Gasteiger partial charge in [0.2, 0.25) is 5.91 Å². The van der Waals surface area contributed by atoms with Crippen molar-refractivity contribution in [2.75, 3.05) is 6.54 Å². The number of carboxylic acids is 1. The third kappa shape index (κ3) is 3.08. The molecular formula is C19H18NO6-. The lowest BCUT2D eigenvalue weighted by atomic mass is 9.99. The zero-order chi connectivity index (χ0) is 19.0. The fourth-order valence-electron chi connectivity index (χ4n) is 3.20.